The zero-order chi connectivity index (χ0) is 26.8. The molecule has 3 aliphatic rings. The first-order valence-corrected chi connectivity index (χ1v) is 12.1. The van der Waals surface area contributed by atoms with Crippen LogP contribution >= 0.6 is 0 Å². The number of ketones is 1. The number of allylic oxidation sites excluding steroid dienone is 3. The van der Waals surface area contributed by atoms with Gasteiger partial charge in [0.25, 0.3) is 0 Å². The highest BCUT2D eigenvalue weighted by Gasteiger charge is 2.51. The topological polar surface area (TPSA) is 196 Å². The van der Waals surface area contributed by atoms with Crippen molar-refractivity contribution in [1.29, 1.82) is 0 Å². The second-order valence-electron chi connectivity index (χ2n) is 10.2. The lowest BCUT2D eigenvalue weighted by Crippen LogP contribution is -2.64. The van der Waals surface area contributed by atoms with Crippen molar-refractivity contribution in [3.8, 4) is 0 Å². The van der Waals surface area contributed by atoms with Crippen molar-refractivity contribution in [3.05, 3.63) is 23.8 Å². The van der Waals surface area contributed by atoms with Gasteiger partial charge in [0.1, 0.15) is 48.8 Å². The lowest BCUT2D eigenvalue weighted by molar-refractivity contribution is -0.369. The minimum absolute atomic E-state index is 0.0362. The monoisotopic (exact) mass is 518 g/mol. The fourth-order valence-electron chi connectivity index (χ4n) is 4.44. The molecule has 0 aromatic heterocycles. The second kappa shape index (κ2) is 12.0. The van der Waals surface area contributed by atoms with E-state index in [1.807, 2.05) is 13.8 Å². The number of carbonyl (C=O) groups is 1. The van der Waals surface area contributed by atoms with Gasteiger partial charge in [-0.25, -0.2) is 0 Å². The molecule has 0 bridgehead atoms. The first-order valence-electron chi connectivity index (χ1n) is 12.1. The molecule has 0 aromatic rings. The molecule has 12 nitrogen and oxygen atoms in total. The molecule has 0 spiro atoms. The van der Waals surface area contributed by atoms with Crippen molar-refractivity contribution in [2.24, 2.45) is 5.41 Å². The third kappa shape index (κ3) is 6.40. The summed E-state index contributed by atoms with van der Waals surface area (Å²) >= 11 is 0. The summed E-state index contributed by atoms with van der Waals surface area (Å²) in [5.74, 6) is 0.0362. The van der Waals surface area contributed by atoms with Crippen LogP contribution in [0, 0.1) is 5.41 Å². The number of rotatable bonds is 8. The molecule has 2 aliphatic heterocycles. The Bertz CT molecular complexity index is 811. The van der Waals surface area contributed by atoms with E-state index in [1.54, 1.807) is 25.2 Å². The Balaban J connectivity index is 1.77. The average molecular weight is 519 g/mol. The summed E-state index contributed by atoms with van der Waals surface area (Å²) in [6.45, 7) is 4.42. The molecule has 3 rings (SSSR count). The van der Waals surface area contributed by atoms with Crippen LogP contribution in [0.25, 0.3) is 0 Å². The van der Waals surface area contributed by atoms with Crippen LogP contribution in [0.1, 0.15) is 33.6 Å². The Morgan fingerprint density at radius 3 is 2.17 bits per heavy atom. The van der Waals surface area contributed by atoms with Gasteiger partial charge in [0.05, 0.1) is 19.3 Å². The molecule has 0 aromatic carbocycles. The van der Waals surface area contributed by atoms with Crippen LogP contribution in [0.2, 0.25) is 0 Å². The Hall–Kier alpha value is -1.29. The highest BCUT2D eigenvalue weighted by Crippen LogP contribution is 2.36. The van der Waals surface area contributed by atoms with E-state index < -0.39 is 80.7 Å². The number of ether oxygens (including phenoxy) is 4. The Morgan fingerprint density at radius 2 is 1.56 bits per heavy atom. The van der Waals surface area contributed by atoms with E-state index in [0.717, 1.165) is 5.57 Å². The van der Waals surface area contributed by atoms with Gasteiger partial charge in [0.15, 0.2) is 18.4 Å². The largest absolute Gasteiger partial charge is 0.394 e. The Labute approximate surface area is 209 Å². The van der Waals surface area contributed by atoms with Gasteiger partial charge >= 0.3 is 0 Å². The molecule has 12 heteroatoms. The molecule has 36 heavy (non-hydrogen) atoms. The van der Waals surface area contributed by atoms with Gasteiger partial charge in [0, 0.05) is 6.42 Å². The minimum Gasteiger partial charge on any atom is -0.394 e. The van der Waals surface area contributed by atoms with Gasteiger partial charge in [-0.05, 0) is 30.4 Å². The van der Waals surface area contributed by atoms with Crippen LogP contribution in [0.3, 0.4) is 0 Å². The lowest BCUT2D eigenvalue weighted by atomic mass is 9.75. The van der Waals surface area contributed by atoms with E-state index in [0.29, 0.717) is 12.8 Å². The van der Waals surface area contributed by atoms with Crippen molar-refractivity contribution in [3.63, 3.8) is 0 Å². The van der Waals surface area contributed by atoms with E-state index in [-0.39, 0.29) is 11.2 Å². The molecule has 2 heterocycles. The number of hydrogen-bond acceptors (Lipinski definition) is 12. The van der Waals surface area contributed by atoms with Crippen LogP contribution in [0.5, 0.6) is 0 Å². The molecule has 206 valence electrons. The molecule has 2 fully saturated rings. The van der Waals surface area contributed by atoms with Crippen LogP contribution in [-0.4, -0.2) is 122 Å². The van der Waals surface area contributed by atoms with E-state index in [4.69, 9.17) is 18.9 Å². The van der Waals surface area contributed by atoms with Crippen molar-refractivity contribution in [2.45, 2.75) is 101 Å². The molecular formula is C24H38O12. The van der Waals surface area contributed by atoms with Crippen molar-refractivity contribution in [2.75, 3.05) is 13.2 Å². The quantitative estimate of drug-likeness (QED) is 0.185. The van der Waals surface area contributed by atoms with E-state index in [1.165, 1.54) is 0 Å². The van der Waals surface area contributed by atoms with Gasteiger partial charge in [-0.2, -0.15) is 0 Å². The third-order valence-corrected chi connectivity index (χ3v) is 6.95. The molecule has 0 radical (unpaired) electrons. The standard InChI is InChI=1S/C24H38O12/c1-11(4-5-12-8-13(27)6-7-24(12,2)3)33-23-21(19(31)17(29)15(10-26)35-23)36-22-20(32)18(30)16(28)14(9-25)34-22/h4-5,8,11,14-23,25-26,28-32H,6-7,9-10H2,1-3H3/b5-4+/t11-,14-,15-,16-,17-,18+,19+,20-,21-,22+,23-/m1/s1. The molecule has 1 aliphatic carbocycles. The summed E-state index contributed by atoms with van der Waals surface area (Å²) in [6.07, 6.45) is -9.58. The highest BCUT2D eigenvalue weighted by atomic mass is 16.8. The van der Waals surface area contributed by atoms with Gasteiger partial charge in [-0.3, -0.25) is 4.79 Å². The summed E-state index contributed by atoms with van der Waals surface area (Å²) in [7, 11) is 0. The summed E-state index contributed by atoms with van der Waals surface area (Å²) in [4.78, 5) is 11.9. The number of aliphatic hydroxyl groups is 7. The zero-order valence-electron chi connectivity index (χ0n) is 20.6. The fraction of sp³-hybridized carbons (Fsp3) is 0.792. The molecule has 7 N–H and O–H groups in total. The summed E-state index contributed by atoms with van der Waals surface area (Å²) < 4.78 is 22.5. The van der Waals surface area contributed by atoms with Gasteiger partial charge in [-0.15, -0.1) is 0 Å². The van der Waals surface area contributed by atoms with Crippen LogP contribution in [-0.2, 0) is 23.7 Å². The van der Waals surface area contributed by atoms with E-state index in [9.17, 15) is 40.5 Å². The zero-order valence-corrected chi connectivity index (χ0v) is 20.6. The lowest BCUT2D eigenvalue weighted by Gasteiger charge is -2.46. The molecule has 0 saturated carbocycles. The molecular weight excluding hydrogens is 480 g/mol. The SMILES string of the molecule is C[C@H](/C=C/C1=CC(=O)CCC1(C)C)O[C@@H]1O[C@H](CO)[C@@H](O)[C@H](O)[C@H]1O[C@@H]1O[C@H](CO)[C@@H](O)[C@H](O)[C@H]1O. The average Bonchev–Trinajstić information content (AvgIpc) is 2.84. The maximum Gasteiger partial charge on any atom is 0.187 e. The maximum atomic E-state index is 11.9. The van der Waals surface area contributed by atoms with E-state index >= 15 is 0 Å². The third-order valence-electron chi connectivity index (χ3n) is 6.95. The van der Waals surface area contributed by atoms with Gasteiger partial charge in [-0.1, -0.05) is 26.0 Å². The van der Waals surface area contributed by atoms with Gasteiger partial charge < -0.3 is 54.7 Å². The Morgan fingerprint density at radius 1 is 0.972 bits per heavy atom. The smallest absolute Gasteiger partial charge is 0.187 e. The Kier molecular flexibility index (Phi) is 9.80. The van der Waals surface area contributed by atoms with E-state index in [2.05, 4.69) is 0 Å². The van der Waals surface area contributed by atoms with Crippen LogP contribution < -0.4 is 0 Å². The van der Waals surface area contributed by atoms with Crippen LogP contribution in [0.15, 0.2) is 23.8 Å². The molecule has 11 atom stereocenters. The summed E-state index contributed by atoms with van der Waals surface area (Å²) in [5.41, 5.74) is 0.624. The van der Waals surface area contributed by atoms with Crippen molar-refractivity contribution >= 4 is 5.78 Å². The highest BCUT2D eigenvalue weighted by molar-refractivity contribution is 5.92. The van der Waals surface area contributed by atoms with Gasteiger partial charge in [0.2, 0.25) is 0 Å². The van der Waals surface area contributed by atoms with Crippen molar-refractivity contribution < 1.29 is 59.5 Å². The summed E-state index contributed by atoms with van der Waals surface area (Å²) in [6, 6.07) is 0. The maximum absolute atomic E-state index is 11.9. The number of aliphatic hydroxyl groups excluding tert-OH is 7. The number of hydrogen-bond donors (Lipinski definition) is 7. The minimum atomic E-state index is -1.75. The number of carbonyl (C=O) groups excluding carboxylic acids is 1. The predicted octanol–water partition coefficient (Wildman–Crippen LogP) is -2.11. The molecule has 0 amide bonds. The normalized spacial score (nSPS) is 42.4. The van der Waals surface area contributed by atoms with Crippen LogP contribution in [0.4, 0.5) is 0 Å². The fourth-order valence-corrected chi connectivity index (χ4v) is 4.44. The second-order valence-corrected chi connectivity index (χ2v) is 10.2. The predicted molar refractivity (Wildman–Crippen MR) is 122 cm³/mol. The molecule has 2 saturated heterocycles. The van der Waals surface area contributed by atoms with Crippen molar-refractivity contribution in [1.82, 2.24) is 0 Å². The summed E-state index contributed by atoms with van der Waals surface area (Å²) in [5, 5.41) is 70.4. The molecule has 0 unspecified atom stereocenters. The first kappa shape index (κ1) is 29.3. The first-order chi connectivity index (χ1) is 16.9.